The van der Waals surface area contributed by atoms with E-state index in [4.69, 9.17) is 4.74 Å². The van der Waals surface area contributed by atoms with Gasteiger partial charge >= 0.3 is 12.1 Å². The van der Waals surface area contributed by atoms with E-state index in [2.05, 4.69) is 20.7 Å². The fourth-order valence-electron chi connectivity index (χ4n) is 2.68. The van der Waals surface area contributed by atoms with Crippen LogP contribution in [0.5, 0.6) is 0 Å². The molecule has 0 heterocycles. The van der Waals surface area contributed by atoms with Gasteiger partial charge in [-0.1, -0.05) is 44.2 Å². The van der Waals surface area contributed by atoms with Gasteiger partial charge in [-0.3, -0.25) is 19.2 Å². The van der Waals surface area contributed by atoms with Gasteiger partial charge in [0, 0.05) is 0 Å². The Morgan fingerprint density at radius 1 is 0.939 bits per heavy atom. The summed E-state index contributed by atoms with van der Waals surface area (Å²) in [6.07, 6.45) is -1.36. The Morgan fingerprint density at radius 3 is 2.12 bits per heavy atom. The lowest BCUT2D eigenvalue weighted by Gasteiger charge is -2.24. The predicted molar refractivity (Wildman–Crippen MR) is 116 cm³/mol. The van der Waals surface area contributed by atoms with Gasteiger partial charge in [0.2, 0.25) is 11.8 Å². The van der Waals surface area contributed by atoms with E-state index < -0.39 is 60.9 Å². The summed E-state index contributed by atoms with van der Waals surface area (Å²) in [5, 5.41) is 7.12. The van der Waals surface area contributed by atoms with Crippen LogP contribution in [0.15, 0.2) is 30.3 Å². The van der Waals surface area contributed by atoms with Crippen molar-refractivity contribution in [2.75, 3.05) is 13.8 Å². The molecule has 0 unspecified atom stereocenters. The highest BCUT2D eigenvalue weighted by Gasteiger charge is 2.30. The molecule has 1 rings (SSSR count). The molecule has 0 aliphatic heterocycles. The largest absolute Gasteiger partial charge is 0.469 e. The summed E-state index contributed by atoms with van der Waals surface area (Å²) >= 11 is 0. The van der Waals surface area contributed by atoms with Crippen LogP contribution in [0.3, 0.4) is 0 Å². The van der Waals surface area contributed by atoms with E-state index in [9.17, 15) is 28.4 Å². The van der Waals surface area contributed by atoms with Crippen molar-refractivity contribution >= 4 is 29.7 Å². The number of Topliss-reactive ketones (excluding diaryl/α,β-unsaturated/α-hetero) is 1. The average molecular weight is 467 g/mol. The lowest BCUT2D eigenvalue weighted by atomic mass is 10.0. The molecule has 33 heavy (non-hydrogen) atoms. The van der Waals surface area contributed by atoms with Gasteiger partial charge in [0.25, 0.3) is 0 Å². The van der Waals surface area contributed by atoms with Gasteiger partial charge in [0.05, 0.1) is 13.5 Å². The standard InChI is InChI=1S/C22H30FN3O7/c1-13(2)19(26-22(31)33-12-15-8-6-5-7-9-15)21(30)24-14(3)20(29)25-16(17(27)11-23)10-18(28)32-4/h5-9,13-14,16,19H,10-12H2,1-4H3,(H,24,30)(H,25,29)(H,26,31)/t14-,16+,19-/m0/s1. The van der Waals surface area contributed by atoms with E-state index in [1.807, 2.05) is 6.07 Å². The Bertz CT molecular complexity index is 833. The number of halogens is 1. The van der Waals surface area contributed by atoms with Crippen molar-refractivity contribution in [1.29, 1.82) is 0 Å². The smallest absolute Gasteiger partial charge is 0.408 e. The number of hydrogen-bond donors (Lipinski definition) is 3. The second kappa shape index (κ2) is 13.8. The molecule has 0 aliphatic carbocycles. The number of benzene rings is 1. The number of methoxy groups -OCH3 is 1. The summed E-state index contributed by atoms with van der Waals surface area (Å²) in [5.41, 5.74) is 0.771. The first-order chi connectivity index (χ1) is 15.6. The van der Waals surface area contributed by atoms with Crippen LogP contribution in [0.4, 0.5) is 9.18 Å². The van der Waals surface area contributed by atoms with E-state index >= 15 is 0 Å². The first-order valence-corrected chi connectivity index (χ1v) is 10.3. The lowest BCUT2D eigenvalue weighted by molar-refractivity contribution is -0.143. The van der Waals surface area contributed by atoms with Crippen LogP contribution < -0.4 is 16.0 Å². The van der Waals surface area contributed by atoms with E-state index in [0.29, 0.717) is 0 Å². The summed E-state index contributed by atoms with van der Waals surface area (Å²) in [4.78, 5) is 60.3. The van der Waals surface area contributed by atoms with Gasteiger partial charge in [-0.25, -0.2) is 9.18 Å². The number of ether oxygens (including phenoxy) is 2. The molecule has 0 bridgehead atoms. The second-order valence-corrected chi connectivity index (χ2v) is 7.60. The van der Waals surface area contributed by atoms with E-state index in [-0.39, 0.29) is 12.5 Å². The number of nitrogens with one attached hydrogen (secondary N) is 3. The molecule has 0 aliphatic rings. The number of carbonyl (C=O) groups excluding carboxylic acids is 5. The zero-order chi connectivity index (χ0) is 25.0. The molecular weight excluding hydrogens is 437 g/mol. The fraction of sp³-hybridized carbons (Fsp3) is 0.500. The van der Waals surface area contributed by atoms with Gasteiger partial charge < -0.3 is 25.4 Å². The summed E-state index contributed by atoms with van der Waals surface area (Å²) in [7, 11) is 1.09. The molecule has 1 aromatic carbocycles. The van der Waals surface area contributed by atoms with Crippen molar-refractivity contribution in [3.8, 4) is 0 Å². The average Bonchev–Trinajstić information content (AvgIpc) is 2.80. The molecule has 0 saturated carbocycles. The van der Waals surface area contributed by atoms with E-state index in [1.165, 1.54) is 6.92 Å². The number of ketones is 1. The summed E-state index contributed by atoms with van der Waals surface area (Å²) in [5.74, 6) is -3.63. The lowest BCUT2D eigenvalue weighted by Crippen LogP contribution is -2.56. The Balaban J connectivity index is 2.68. The minimum absolute atomic E-state index is 0.0160. The highest BCUT2D eigenvalue weighted by Crippen LogP contribution is 2.06. The van der Waals surface area contributed by atoms with Gasteiger partial charge in [0.1, 0.15) is 31.4 Å². The van der Waals surface area contributed by atoms with Crippen molar-refractivity contribution < 1.29 is 37.8 Å². The number of amides is 3. The third-order valence-electron chi connectivity index (χ3n) is 4.62. The third-order valence-corrected chi connectivity index (χ3v) is 4.62. The van der Waals surface area contributed by atoms with Gasteiger partial charge in [0.15, 0.2) is 5.78 Å². The normalized spacial score (nSPS) is 13.3. The summed E-state index contributed by atoms with van der Waals surface area (Å²) < 4.78 is 22.3. The summed E-state index contributed by atoms with van der Waals surface area (Å²) in [6, 6.07) is 5.39. The molecule has 3 atom stereocenters. The Hall–Kier alpha value is -3.50. The zero-order valence-electron chi connectivity index (χ0n) is 19.1. The zero-order valence-corrected chi connectivity index (χ0v) is 19.1. The van der Waals surface area contributed by atoms with Gasteiger partial charge in [-0.15, -0.1) is 0 Å². The number of hydrogen-bond acceptors (Lipinski definition) is 7. The fourth-order valence-corrected chi connectivity index (χ4v) is 2.68. The molecule has 182 valence electrons. The maximum atomic E-state index is 12.8. The van der Waals surface area contributed by atoms with Crippen LogP contribution in [0.2, 0.25) is 0 Å². The van der Waals surface area contributed by atoms with Crippen LogP contribution in [-0.2, 0) is 35.3 Å². The van der Waals surface area contributed by atoms with Gasteiger partial charge in [-0.2, -0.15) is 0 Å². The number of rotatable bonds is 12. The molecule has 0 saturated heterocycles. The van der Waals surface area contributed by atoms with E-state index in [1.54, 1.807) is 38.1 Å². The Morgan fingerprint density at radius 2 is 1.58 bits per heavy atom. The topological polar surface area (TPSA) is 140 Å². The molecule has 11 heteroatoms. The van der Waals surface area contributed by atoms with Crippen molar-refractivity contribution in [3.63, 3.8) is 0 Å². The number of alkyl carbamates (subject to hydrolysis) is 1. The maximum Gasteiger partial charge on any atom is 0.408 e. The van der Waals surface area contributed by atoms with Crippen molar-refractivity contribution in [2.24, 2.45) is 5.92 Å². The highest BCUT2D eigenvalue weighted by atomic mass is 19.1. The van der Waals surface area contributed by atoms with Crippen molar-refractivity contribution in [2.45, 2.75) is 51.9 Å². The molecule has 1 aromatic rings. The molecular formula is C22H30FN3O7. The van der Waals surface area contributed by atoms with Crippen LogP contribution in [-0.4, -0.2) is 61.6 Å². The van der Waals surface area contributed by atoms with Crippen molar-refractivity contribution in [1.82, 2.24) is 16.0 Å². The Kier molecular flexibility index (Phi) is 11.5. The van der Waals surface area contributed by atoms with Crippen LogP contribution in [0.1, 0.15) is 32.8 Å². The van der Waals surface area contributed by atoms with Crippen LogP contribution in [0.25, 0.3) is 0 Å². The molecule has 10 nitrogen and oxygen atoms in total. The minimum atomic E-state index is -1.43. The third kappa shape index (κ3) is 9.67. The highest BCUT2D eigenvalue weighted by molar-refractivity contribution is 5.96. The number of alkyl halides is 1. The molecule has 0 spiro atoms. The number of carbonyl (C=O) groups is 5. The quantitative estimate of drug-likeness (QED) is 0.390. The second-order valence-electron chi connectivity index (χ2n) is 7.60. The van der Waals surface area contributed by atoms with Crippen LogP contribution >= 0.6 is 0 Å². The number of esters is 1. The first kappa shape index (κ1) is 27.5. The summed E-state index contributed by atoms with van der Waals surface area (Å²) in [6.45, 7) is 3.36. The van der Waals surface area contributed by atoms with Crippen molar-refractivity contribution in [3.05, 3.63) is 35.9 Å². The first-order valence-electron chi connectivity index (χ1n) is 10.3. The monoisotopic (exact) mass is 467 g/mol. The predicted octanol–water partition coefficient (Wildman–Crippen LogP) is 1.03. The molecule has 3 N–H and O–H groups in total. The molecule has 0 fully saturated rings. The minimum Gasteiger partial charge on any atom is -0.469 e. The Labute approximate surface area is 191 Å². The van der Waals surface area contributed by atoms with Gasteiger partial charge in [-0.05, 0) is 18.4 Å². The van der Waals surface area contributed by atoms with E-state index in [0.717, 1.165) is 12.7 Å². The SMILES string of the molecule is COC(=O)C[C@@H](NC(=O)[C@H](C)NC(=O)[C@@H](NC(=O)OCc1ccccc1)C(C)C)C(=O)CF. The maximum absolute atomic E-state index is 12.8. The molecule has 0 radical (unpaired) electrons. The molecule has 3 amide bonds. The molecule has 0 aromatic heterocycles. The van der Waals surface area contributed by atoms with Crippen LogP contribution in [0, 0.1) is 5.92 Å².